The van der Waals surface area contributed by atoms with Crippen LogP contribution < -0.4 is 20.1 Å². The minimum absolute atomic E-state index is 0.0118. The minimum atomic E-state index is -0.633. The van der Waals surface area contributed by atoms with E-state index in [-0.39, 0.29) is 16.9 Å². The minimum Gasteiger partial charge on any atom is -0.493 e. The van der Waals surface area contributed by atoms with Gasteiger partial charge in [0.25, 0.3) is 5.91 Å². The summed E-state index contributed by atoms with van der Waals surface area (Å²) in [4.78, 5) is 27.0. The molecule has 1 heterocycles. The molecule has 0 saturated heterocycles. The maximum absolute atomic E-state index is 14.3. The van der Waals surface area contributed by atoms with Gasteiger partial charge in [-0.1, -0.05) is 32.0 Å². The highest BCUT2D eigenvalue weighted by Gasteiger charge is 2.43. The summed E-state index contributed by atoms with van der Waals surface area (Å²) in [5.41, 5.74) is 2.97. The summed E-state index contributed by atoms with van der Waals surface area (Å²) in [6, 6.07) is 11.4. The lowest BCUT2D eigenvalue weighted by atomic mass is 9.68. The van der Waals surface area contributed by atoms with Crippen molar-refractivity contribution in [2.75, 3.05) is 19.5 Å². The first-order valence-corrected chi connectivity index (χ1v) is 11.2. The number of ether oxygens (including phenoxy) is 2. The van der Waals surface area contributed by atoms with E-state index in [0.717, 1.165) is 11.3 Å². The van der Waals surface area contributed by atoms with Crippen molar-refractivity contribution in [3.8, 4) is 11.5 Å². The lowest BCUT2D eigenvalue weighted by Crippen LogP contribution is -2.39. The maximum Gasteiger partial charge on any atom is 0.254 e. The molecule has 2 aromatic carbocycles. The Morgan fingerprint density at radius 1 is 1.09 bits per heavy atom. The lowest BCUT2D eigenvalue weighted by Gasteiger charge is -2.39. The SMILES string of the molecule is COc1ccc(C2C(C(=O)Nc3ccccc3F)=C(C)NC3=C2C(=O)CC(C)(C)C3)cc1OC. The topological polar surface area (TPSA) is 76.7 Å². The molecule has 1 unspecified atom stereocenters. The average molecular weight is 465 g/mol. The van der Waals surface area contributed by atoms with Crippen molar-refractivity contribution in [2.45, 2.75) is 39.5 Å². The standard InChI is InChI=1S/C27H29FN2O4/c1-15-23(26(32)30-18-9-7-6-8-17(18)28)24(16-10-11-21(33-4)22(12-16)34-5)25-19(29-15)13-27(2,3)14-20(25)31/h6-12,24,29H,13-14H2,1-5H3,(H,30,32). The number of rotatable bonds is 5. The molecule has 0 aromatic heterocycles. The molecule has 1 aliphatic heterocycles. The molecular weight excluding hydrogens is 435 g/mol. The molecule has 2 N–H and O–H groups in total. The molecule has 2 aromatic rings. The van der Waals surface area contributed by atoms with E-state index in [0.29, 0.717) is 41.2 Å². The van der Waals surface area contributed by atoms with Gasteiger partial charge in [0.1, 0.15) is 5.82 Å². The van der Waals surface area contributed by atoms with Crippen molar-refractivity contribution in [3.63, 3.8) is 0 Å². The number of carbonyl (C=O) groups is 2. The van der Waals surface area contributed by atoms with Crippen LogP contribution in [0.1, 0.15) is 45.1 Å². The number of hydrogen-bond donors (Lipinski definition) is 2. The summed E-state index contributed by atoms with van der Waals surface area (Å²) in [5, 5.41) is 6.00. The molecule has 1 amide bonds. The zero-order valence-electron chi connectivity index (χ0n) is 20.0. The van der Waals surface area contributed by atoms with Crippen LogP contribution in [0.15, 0.2) is 65.0 Å². The number of halogens is 1. The lowest BCUT2D eigenvalue weighted by molar-refractivity contribution is -0.118. The van der Waals surface area contributed by atoms with Crippen LogP contribution in [0, 0.1) is 11.2 Å². The highest BCUT2D eigenvalue weighted by molar-refractivity contribution is 6.10. The van der Waals surface area contributed by atoms with Gasteiger partial charge in [0.15, 0.2) is 17.3 Å². The zero-order chi connectivity index (χ0) is 24.6. The van der Waals surface area contributed by atoms with E-state index in [1.54, 1.807) is 38.3 Å². The van der Waals surface area contributed by atoms with Gasteiger partial charge >= 0.3 is 0 Å². The third kappa shape index (κ3) is 4.30. The van der Waals surface area contributed by atoms with E-state index in [4.69, 9.17) is 9.47 Å². The second-order valence-electron chi connectivity index (χ2n) is 9.48. The second-order valence-corrected chi connectivity index (χ2v) is 9.48. The number of allylic oxidation sites excluding steroid dienone is 3. The quantitative estimate of drug-likeness (QED) is 0.645. The van der Waals surface area contributed by atoms with Crippen LogP contribution in [0.3, 0.4) is 0 Å². The van der Waals surface area contributed by atoms with Gasteiger partial charge in [0.05, 0.1) is 19.9 Å². The van der Waals surface area contributed by atoms with Gasteiger partial charge in [-0.3, -0.25) is 9.59 Å². The van der Waals surface area contributed by atoms with Crippen LogP contribution in [0.4, 0.5) is 10.1 Å². The summed E-state index contributed by atoms with van der Waals surface area (Å²) in [7, 11) is 3.09. The molecule has 0 bridgehead atoms. The van der Waals surface area contributed by atoms with Gasteiger partial charge in [0.2, 0.25) is 0 Å². The first-order valence-electron chi connectivity index (χ1n) is 11.2. The van der Waals surface area contributed by atoms with Gasteiger partial charge in [0, 0.05) is 34.9 Å². The number of nitrogens with one attached hydrogen (secondary N) is 2. The van der Waals surface area contributed by atoms with Crippen molar-refractivity contribution >= 4 is 17.4 Å². The molecule has 178 valence electrons. The van der Waals surface area contributed by atoms with Crippen LogP contribution in [0.25, 0.3) is 0 Å². The smallest absolute Gasteiger partial charge is 0.254 e. The first kappa shape index (κ1) is 23.5. The van der Waals surface area contributed by atoms with E-state index in [9.17, 15) is 14.0 Å². The number of ketones is 1. The zero-order valence-corrected chi connectivity index (χ0v) is 20.0. The number of benzene rings is 2. The Morgan fingerprint density at radius 2 is 1.79 bits per heavy atom. The Bertz CT molecular complexity index is 1230. The molecule has 0 spiro atoms. The Hall–Kier alpha value is -3.61. The Labute approximate surface area is 198 Å². The van der Waals surface area contributed by atoms with E-state index < -0.39 is 17.6 Å². The summed E-state index contributed by atoms with van der Waals surface area (Å²) < 4.78 is 25.2. The molecule has 0 saturated carbocycles. The number of Topliss-reactive ketones (excluding diaryl/α,β-unsaturated/α-hetero) is 1. The Balaban J connectivity index is 1.85. The van der Waals surface area contributed by atoms with Gasteiger partial charge in [-0.2, -0.15) is 0 Å². The number of para-hydroxylation sites is 1. The fourth-order valence-corrected chi connectivity index (χ4v) is 4.86. The molecular formula is C27H29FN2O4. The van der Waals surface area contributed by atoms with Crippen LogP contribution in [0.2, 0.25) is 0 Å². The van der Waals surface area contributed by atoms with Crippen LogP contribution in [-0.4, -0.2) is 25.9 Å². The highest BCUT2D eigenvalue weighted by Crippen LogP contribution is 2.47. The predicted molar refractivity (Wildman–Crippen MR) is 128 cm³/mol. The third-order valence-electron chi connectivity index (χ3n) is 6.35. The summed E-state index contributed by atoms with van der Waals surface area (Å²) >= 11 is 0. The highest BCUT2D eigenvalue weighted by atomic mass is 19.1. The van der Waals surface area contributed by atoms with Crippen molar-refractivity contribution < 1.29 is 23.5 Å². The van der Waals surface area contributed by atoms with Crippen LogP contribution in [0.5, 0.6) is 11.5 Å². The van der Waals surface area contributed by atoms with Crippen LogP contribution in [-0.2, 0) is 9.59 Å². The third-order valence-corrected chi connectivity index (χ3v) is 6.35. The van der Waals surface area contributed by atoms with Gasteiger partial charge in [-0.05, 0) is 48.6 Å². The van der Waals surface area contributed by atoms with Gasteiger partial charge in [-0.25, -0.2) is 4.39 Å². The molecule has 34 heavy (non-hydrogen) atoms. The van der Waals surface area contributed by atoms with E-state index >= 15 is 0 Å². The van der Waals surface area contributed by atoms with Gasteiger partial charge < -0.3 is 20.1 Å². The molecule has 1 aliphatic carbocycles. The number of dihydropyridines is 1. The normalized spacial score (nSPS) is 19.4. The number of amides is 1. The number of anilines is 1. The van der Waals surface area contributed by atoms with Gasteiger partial charge in [-0.15, -0.1) is 0 Å². The number of hydrogen-bond acceptors (Lipinski definition) is 5. The van der Waals surface area contributed by atoms with E-state index in [2.05, 4.69) is 24.5 Å². The van der Waals surface area contributed by atoms with E-state index in [1.807, 2.05) is 6.07 Å². The molecule has 1 atom stereocenters. The van der Waals surface area contributed by atoms with Crippen molar-refractivity contribution in [3.05, 3.63) is 76.4 Å². The molecule has 2 aliphatic rings. The van der Waals surface area contributed by atoms with Crippen molar-refractivity contribution in [2.24, 2.45) is 5.41 Å². The molecule has 0 radical (unpaired) electrons. The first-order chi connectivity index (χ1) is 16.1. The Morgan fingerprint density at radius 3 is 2.47 bits per heavy atom. The molecule has 6 nitrogen and oxygen atoms in total. The second kappa shape index (κ2) is 8.97. The van der Waals surface area contributed by atoms with Crippen molar-refractivity contribution in [1.29, 1.82) is 0 Å². The fraction of sp³-hybridized carbons (Fsp3) is 0.333. The van der Waals surface area contributed by atoms with Crippen molar-refractivity contribution in [1.82, 2.24) is 5.32 Å². The summed E-state index contributed by atoms with van der Waals surface area (Å²) in [5.74, 6) is -0.608. The van der Waals surface area contributed by atoms with Crippen LogP contribution >= 0.6 is 0 Å². The van der Waals surface area contributed by atoms with E-state index in [1.165, 1.54) is 19.2 Å². The maximum atomic E-state index is 14.3. The monoisotopic (exact) mass is 464 g/mol. The average Bonchev–Trinajstić information content (AvgIpc) is 2.78. The largest absolute Gasteiger partial charge is 0.493 e. The Kier molecular flexibility index (Phi) is 6.21. The molecule has 7 heteroatoms. The number of methoxy groups -OCH3 is 2. The fourth-order valence-electron chi connectivity index (χ4n) is 4.86. The summed E-state index contributed by atoms with van der Waals surface area (Å²) in [6.45, 7) is 5.92. The molecule has 0 fully saturated rings. The summed E-state index contributed by atoms with van der Waals surface area (Å²) in [6.07, 6.45) is 1.05. The molecule has 4 rings (SSSR count). The number of carbonyl (C=O) groups excluding carboxylic acids is 2. The predicted octanol–water partition coefficient (Wildman–Crippen LogP) is 5.09.